The highest BCUT2D eigenvalue weighted by molar-refractivity contribution is 6.30. The Balaban J connectivity index is 0.00000441. The molecule has 0 aromatic heterocycles. The van der Waals surface area contributed by atoms with Crippen molar-refractivity contribution in [3.05, 3.63) is 29.3 Å². The summed E-state index contributed by atoms with van der Waals surface area (Å²) in [6.45, 7) is 4.57. The van der Waals surface area contributed by atoms with Crippen LogP contribution in [0.5, 0.6) is 0 Å². The van der Waals surface area contributed by atoms with E-state index >= 15 is 0 Å². The Hall–Kier alpha value is -1.30. The fraction of sp³-hybridized carbons (Fsp3) is 0.467. The van der Waals surface area contributed by atoms with Crippen LogP contribution >= 0.6 is 24.0 Å². The van der Waals surface area contributed by atoms with Crippen LogP contribution in [0, 0.1) is 5.92 Å². The first-order valence-corrected chi connectivity index (χ1v) is 7.40. The molecule has 0 spiro atoms. The van der Waals surface area contributed by atoms with Crippen molar-refractivity contribution in [2.24, 2.45) is 11.7 Å². The topological polar surface area (TPSA) is 75.4 Å². The highest BCUT2D eigenvalue weighted by Crippen LogP contribution is 2.13. The first-order valence-electron chi connectivity index (χ1n) is 7.02. The number of rotatable bonds is 7. The van der Waals surface area contributed by atoms with Gasteiger partial charge in [-0.05, 0) is 30.7 Å². The third-order valence-corrected chi connectivity index (χ3v) is 3.29. The Morgan fingerprint density at radius 2 is 1.91 bits per heavy atom. The van der Waals surface area contributed by atoms with Crippen LogP contribution in [-0.4, -0.2) is 36.3 Å². The number of hydrogen-bond acceptors (Lipinski definition) is 3. The van der Waals surface area contributed by atoms with E-state index in [4.69, 9.17) is 17.3 Å². The maximum Gasteiger partial charge on any atom is 0.243 e. The van der Waals surface area contributed by atoms with Crippen molar-refractivity contribution in [1.82, 2.24) is 4.90 Å². The molecule has 124 valence electrons. The molecule has 22 heavy (non-hydrogen) atoms. The van der Waals surface area contributed by atoms with Crippen LogP contribution < -0.4 is 11.1 Å². The largest absolute Gasteiger partial charge is 0.333 e. The second kappa shape index (κ2) is 10.4. The molecule has 0 aliphatic heterocycles. The molecule has 5 nitrogen and oxygen atoms in total. The van der Waals surface area contributed by atoms with Crippen LogP contribution in [0.2, 0.25) is 5.02 Å². The van der Waals surface area contributed by atoms with Crippen LogP contribution in [0.4, 0.5) is 5.69 Å². The predicted molar refractivity (Wildman–Crippen MR) is 92.4 cm³/mol. The van der Waals surface area contributed by atoms with Gasteiger partial charge in [0.1, 0.15) is 0 Å². The molecule has 0 saturated carbocycles. The van der Waals surface area contributed by atoms with Crippen LogP contribution in [-0.2, 0) is 9.59 Å². The molecule has 0 radical (unpaired) electrons. The van der Waals surface area contributed by atoms with E-state index in [-0.39, 0.29) is 43.2 Å². The summed E-state index contributed by atoms with van der Waals surface area (Å²) in [6, 6.07) is 6.83. The Kier molecular flexibility index (Phi) is 9.81. The summed E-state index contributed by atoms with van der Waals surface area (Å²) in [4.78, 5) is 25.7. The van der Waals surface area contributed by atoms with Crippen molar-refractivity contribution in [1.29, 1.82) is 0 Å². The molecular weight excluding hydrogens is 325 g/mol. The zero-order chi connectivity index (χ0) is 15.8. The molecule has 0 fully saturated rings. The van der Waals surface area contributed by atoms with E-state index in [9.17, 15) is 9.59 Å². The number of benzene rings is 1. The van der Waals surface area contributed by atoms with Gasteiger partial charge in [0.05, 0.1) is 6.54 Å². The number of carbonyl (C=O) groups is 2. The summed E-state index contributed by atoms with van der Waals surface area (Å²) >= 11 is 5.79. The van der Waals surface area contributed by atoms with Crippen molar-refractivity contribution in [3.8, 4) is 0 Å². The molecule has 1 rings (SSSR count). The fourth-order valence-electron chi connectivity index (χ4n) is 1.86. The number of halogens is 2. The number of amides is 2. The Morgan fingerprint density at radius 1 is 1.32 bits per heavy atom. The van der Waals surface area contributed by atoms with Crippen LogP contribution in [0.1, 0.15) is 20.3 Å². The van der Waals surface area contributed by atoms with Gasteiger partial charge in [0, 0.05) is 29.7 Å². The molecule has 0 heterocycles. The van der Waals surface area contributed by atoms with Crippen molar-refractivity contribution in [3.63, 3.8) is 0 Å². The second-order valence-corrected chi connectivity index (χ2v) is 5.39. The molecule has 1 aromatic rings. The molecule has 0 saturated heterocycles. The van der Waals surface area contributed by atoms with Gasteiger partial charge in [-0.25, -0.2) is 0 Å². The molecule has 0 aliphatic rings. The molecule has 2 amide bonds. The average molecular weight is 348 g/mol. The highest BCUT2D eigenvalue weighted by Gasteiger charge is 2.21. The molecular formula is C15H23Cl2N3O2. The second-order valence-electron chi connectivity index (χ2n) is 4.95. The molecule has 1 unspecified atom stereocenters. The Bertz CT molecular complexity index is 480. The predicted octanol–water partition coefficient (Wildman–Crippen LogP) is 2.53. The molecule has 0 bridgehead atoms. The maximum atomic E-state index is 12.1. The van der Waals surface area contributed by atoms with E-state index in [2.05, 4.69) is 5.32 Å². The zero-order valence-corrected chi connectivity index (χ0v) is 14.4. The van der Waals surface area contributed by atoms with Gasteiger partial charge in [0.25, 0.3) is 0 Å². The highest BCUT2D eigenvalue weighted by atomic mass is 35.5. The quantitative estimate of drug-likeness (QED) is 0.795. The number of nitrogens with two attached hydrogens (primary N) is 1. The van der Waals surface area contributed by atoms with Gasteiger partial charge in [0.15, 0.2) is 0 Å². The average Bonchev–Trinajstić information content (AvgIpc) is 2.47. The monoisotopic (exact) mass is 347 g/mol. The van der Waals surface area contributed by atoms with Crippen LogP contribution in [0.3, 0.4) is 0 Å². The van der Waals surface area contributed by atoms with Gasteiger partial charge in [-0.3, -0.25) is 9.59 Å². The summed E-state index contributed by atoms with van der Waals surface area (Å²) in [5, 5.41) is 3.35. The third kappa shape index (κ3) is 6.64. The minimum Gasteiger partial charge on any atom is -0.333 e. The van der Waals surface area contributed by atoms with E-state index < -0.39 is 0 Å². The number of anilines is 1. The van der Waals surface area contributed by atoms with E-state index in [1.165, 1.54) is 0 Å². The molecule has 7 heteroatoms. The summed E-state index contributed by atoms with van der Waals surface area (Å²) in [5.41, 5.74) is 6.17. The lowest BCUT2D eigenvalue weighted by Gasteiger charge is -2.24. The van der Waals surface area contributed by atoms with Gasteiger partial charge >= 0.3 is 0 Å². The van der Waals surface area contributed by atoms with Crippen molar-refractivity contribution < 1.29 is 9.59 Å². The number of hydrogen-bond donors (Lipinski definition) is 2. The van der Waals surface area contributed by atoms with Crippen LogP contribution in [0.25, 0.3) is 0 Å². The van der Waals surface area contributed by atoms with Gasteiger partial charge in [-0.1, -0.05) is 25.4 Å². The zero-order valence-electron chi connectivity index (χ0n) is 12.8. The smallest absolute Gasteiger partial charge is 0.243 e. The van der Waals surface area contributed by atoms with E-state index in [1.54, 1.807) is 36.1 Å². The SMILES string of the molecule is CCCN(CC(=O)Nc1ccc(Cl)cc1)C(=O)C(C)CN.Cl. The Morgan fingerprint density at radius 3 is 2.41 bits per heavy atom. The van der Waals surface area contributed by atoms with E-state index in [1.807, 2.05) is 6.92 Å². The van der Waals surface area contributed by atoms with Gasteiger partial charge in [0.2, 0.25) is 11.8 Å². The van der Waals surface area contributed by atoms with Crippen molar-refractivity contribution in [2.45, 2.75) is 20.3 Å². The number of nitrogens with zero attached hydrogens (tertiary/aromatic N) is 1. The summed E-state index contributed by atoms with van der Waals surface area (Å²) in [6.07, 6.45) is 0.789. The first kappa shape index (κ1) is 20.7. The maximum absolute atomic E-state index is 12.1. The molecule has 1 atom stereocenters. The van der Waals surface area contributed by atoms with Gasteiger partial charge < -0.3 is 16.0 Å². The number of nitrogens with one attached hydrogen (secondary N) is 1. The first-order chi connectivity index (χ1) is 9.97. The number of carbonyl (C=O) groups excluding carboxylic acids is 2. The molecule has 3 N–H and O–H groups in total. The normalized spacial score (nSPS) is 11.3. The molecule has 0 aliphatic carbocycles. The Labute approximate surface area is 142 Å². The van der Waals surface area contributed by atoms with Gasteiger partial charge in [-0.2, -0.15) is 0 Å². The summed E-state index contributed by atoms with van der Waals surface area (Å²) in [5.74, 6) is -0.603. The lowest BCUT2D eigenvalue weighted by molar-refractivity contribution is -0.137. The van der Waals surface area contributed by atoms with Crippen molar-refractivity contribution in [2.75, 3.05) is 25.0 Å². The minimum absolute atomic E-state index is 0. The summed E-state index contributed by atoms with van der Waals surface area (Å²) in [7, 11) is 0. The lowest BCUT2D eigenvalue weighted by atomic mass is 10.1. The van der Waals surface area contributed by atoms with E-state index in [0.717, 1.165) is 6.42 Å². The fourth-order valence-corrected chi connectivity index (χ4v) is 1.98. The lowest BCUT2D eigenvalue weighted by Crippen LogP contribution is -2.42. The van der Waals surface area contributed by atoms with Gasteiger partial charge in [-0.15, -0.1) is 12.4 Å². The molecule has 1 aromatic carbocycles. The van der Waals surface area contributed by atoms with Crippen molar-refractivity contribution >= 4 is 41.5 Å². The third-order valence-electron chi connectivity index (χ3n) is 3.04. The summed E-state index contributed by atoms with van der Waals surface area (Å²) < 4.78 is 0. The van der Waals surface area contributed by atoms with Crippen LogP contribution in [0.15, 0.2) is 24.3 Å². The minimum atomic E-state index is -0.278. The van der Waals surface area contributed by atoms with E-state index in [0.29, 0.717) is 17.3 Å². The standard InChI is InChI=1S/C15H22ClN3O2.ClH/c1-3-8-19(15(21)11(2)9-17)10-14(20)18-13-6-4-12(16)5-7-13;/h4-7,11H,3,8-10,17H2,1-2H3,(H,18,20);1H.